The van der Waals surface area contributed by atoms with Gasteiger partial charge in [0.15, 0.2) is 6.61 Å². The first-order chi connectivity index (χ1) is 15.8. The van der Waals surface area contributed by atoms with Crippen molar-refractivity contribution in [1.82, 2.24) is 10.2 Å². The normalized spacial score (nSPS) is 15.6. The van der Waals surface area contributed by atoms with Crippen LogP contribution in [0.1, 0.15) is 49.3 Å². The molecule has 3 aromatic rings. The Morgan fingerprint density at radius 1 is 1.09 bits per heavy atom. The molecule has 1 aliphatic rings. The van der Waals surface area contributed by atoms with Gasteiger partial charge in [-0.1, -0.05) is 57.2 Å². The number of furan rings is 1. The number of hydrogen-bond donors (Lipinski definition) is 1. The number of hydrogen-bond acceptors (Lipinski definition) is 4. The van der Waals surface area contributed by atoms with Crippen molar-refractivity contribution in [2.75, 3.05) is 13.2 Å². The van der Waals surface area contributed by atoms with Gasteiger partial charge in [-0.05, 0) is 47.4 Å². The Morgan fingerprint density at radius 2 is 1.88 bits per heavy atom. The van der Waals surface area contributed by atoms with E-state index < -0.39 is 5.41 Å². The molecule has 2 aromatic carbocycles. The SMILES string of the molecule is CC(C)(C)C(=O)N1CCc2ccc(OCC(=O)NCc3ccco3)cc2C1c1ccccc1. The monoisotopic (exact) mass is 446 g/mol. The first-order valence-electron chi connectivity index (χ1n) is 11.2. The summed E-state index contributed by atoms with van der Waals surface area (Å²) in [7, 11) is 0. The second kappa shape index (κ2) is 9.53. The van der Waals surface area contributed by atoms with Gasteiger partial charge in [0.25, 0.3) is 5.91 Å². The van der Waals surface area contributed by atoms with Crippen LogP contribution in [0.5, 0.6) is 5.75 Å². The van der Waals surface area contributed by atoms with Gasteiger partial charge in [0.1, 0.15) is 11.5 Å². The molecule has 4 rings (SSSR count). The molecule has 0 radical (unpaired) electrons. The molecule has 1 unspecified atom stereocenters. The van der Waals surface area contributed by atoms with Crippen LogP contribution in [0.3, 0.4) is 0 Å². The number of benzene rings is 2. The average molecular weight is 447 g/mol. The van der Waals surface area contributed by atoms with Gasteiger partial charge in [0.05, 0.1) is 18.8 Å². The minimum absolute atomic E-state index is 0.0971. The maximum atomic E-state index is 13.3. The van der Waals surface area contributed by atoms with Crippen LogP contribution in [-0.4, -0.2) is 29.9 Å². The van der Waals surface area contributed by atoms with Gasteiger partial charge < -0.3 is 19.4 Å². The van der Waals surface area contributed by atoms with Gasteiger partial charge in [0, 0.05) is 12.0 Å². The highest BCUT2D eigenvalue weighted by Gasteiger charge is 2.37. The minimum atomic E-state index is -0.481. The van der Waals surface area contributed by atoms with E-state index in [2.05, 4.69) is 17.4 Å². The summed E-state index contributed by atoms with van der Waals surface area (Å²) in [6, 6.07) is 19.4. The van der Waals surface area contributed by atoms with Crippen molar-refractivity contribution in [3.8, 4) is 5.75 Å². The summed E-state index contributed by atoms with van der Waals surface area (Å²) in [6.07, 6.45) is 2.35. The van der Waals surface area contributed by atoms with E-state index >= 15 is 0 Å². The molecule has 33 heavy (non-hydrogen) atoms. The van der Waals surface area contributed by atoms with Crippen LogP contribution in [0, 0.1) is 5.41 Å². The molecule has 0 spiro atoms. The van der Waals surface area contributed by atoms with Gasteiger partial charge in [-0.3, -0.25) is 9.59 Å². The molecule has 1 aliphatic heterocycles. The third-order valence-electron chi connectivity index (χ3n) is 5.77. The molecule has 6 nitrogen and oxygen atoms in total. The van der Waals surface area contributed by atoms with Crippen molar-refractivity contribution >= 4 is 11.8 Å². The number of carbonyl (C=O) groups excluding carboxylic acids is 2. The lowest BCUT2D eigenvalue weighted by atomic mass is 9.85. The minimum Gasteiger partial charge on any atom is -0.484 e. The standard InChI is InChI=1S/C27H30N2O4/c1-27(2,3)26(31)29-14-13-19-11-12-21(16-23(19)25(29)20-8-5-4-6-9-20)33-18-24(30)28-17-22-10-7-15-32-22/h4-12,15-16,25H,13-14,17-18H2,1-3H3,(H,28,30). The van der Waals surface area contributed by atoms with Crippen LogP contribution in [0.2, 0.25) is 0 Å². The topological polar surface area (TPSA) is 71.8 Å². The zero-order chi connectivity index (χ0) is 23.4. The Hall–Kier alpha value is -3.54. The third-order valence-corrected chi connectivity index (χ3v) is 5.77. The van der Waals surface area contributed by atoms with Crippen LogP contribution in [0.4, 0.5) is 0 Å². The van der Waals surface area contributed by atoms with E-state index in [9.17, 15) is 9.59 Å². The van der Waals surface area contributed by atoms with Crippen LogP contribution in [0.25, 0.3) is 0 Å². The number of fused-ring (bicyclic) bond motifs is 1. The molecule has 0 bridgehead atoms. The van der Waals surface area contributed by atoms with Crippen molar-refractivity contribution < 1.29 is 18.7 Å². The Labute approximate surface area is 194 Å². The van der Waals surface area contributed by atoms with Gasteiger partial charge >= 0.3 is 0 Å². The number of carbonyl (C=O) groups is 2. The van der Waals surface area contributed by atoms with E-state index in [0.717, 1.165) is 17.5 Å². The molecular weight excluding hydrogens is 416 g/mol. The molecule has 0 fully saturated rings. The molecule has 1 aromatic heterocycles. The fourth-order valence-corrected chi connectivity index (χ4v) is 4.13. The summed E-state index contributed by atoms with van der Waals surface area (Å²) in [5.74, 6) is 1.18. The van der Waals surface area contributed by atoms with E-state index in [1.807, 2.05) is 62.1 Å². The molecule has 1 N–H and O–H groups in total. The quantitative estimate of drug-likeness (QED) is 0.605. The molecule has 0 saturated carbocycles. The van der Waals surface area contributed by atoms with E-state index in [1.165, 1.54) is 5.56 Å². The zero-order valence-electron chi connectivity index (χ0n) is 19.3. The van der Waals surface area contributed by atoms with Gasteiger partial charge in [-0.15, -0.1) is 0 Å². The molecule has 2 amide bonds. The highest BCUT2D eigenvalue weighted by molar-refractivity contribution is 5.83. The van der Waals surface area contributed by atoms with Crippen molar-refractivity contribution in [1.29, 1.82) is 0 Å². The molecule has 6 heteroatoms. The van der Waals surface area contributed by atoms with Crippen molar-refractivity contribution in [3.63, 3.8) is 0 Å². The number of amides is 2. The second-order valence-electron chi connectivity index (χ2n) is 9.32. The maximum absolute atomic E-state index is 13.3. The molecule has 172 valence electrons. The number of ether oxygens (including phenoxy) is 1. The average Bonchev–Trinajstić information content (AvgIpc) is 3.33. The summed E-state index contributed by atoms with van der Waals surface area (Å²) in [4.78, 5) is 27.5. The van der Waals surface area contributed by atoms with Crippen LogP contribution >= 0.6 is 0 Å². The summed E-state index contributed by atoms with van der Waals surface area (Å²) in [5.41, 5.74) is 2.81. The Kier molecular flexibility index (Phi) is 6.54. The van der Waals surface area contributed by atoms with E-state index in [4.69, 9.17) is 9.15 Å². The van der Waals surface area contributed by atoms with Gasteiger partial charge in [-0.2, -0.15) is 0 Å². The number of nitrogens with one attached hydrogen (secondary N) is 1. The number of nitrogens with zero attached hydrogens (tertiary/aromatic N) is 1. The molecule has 2 heterocycles. The number of rotatable bonds is 6. The second-order valence-corrected chi connectivity index (χ2v) is 9.32. The lowest BCUT2D eigenvalue weighted by Gasteiger charge is -2.41. The smallest absolute Gasteiger partial charge is 0.258 e. The highest BCUT2D eigenvalue weighted by Crippen LogP contribution is 2.39. The van der Waals surface area contributed by atoms with Crippen LogP contribution < -0.4 is 10.1 Å². The van der Waals surface area contributed by atoms with Crippen LogP contribution in [0.15, 0.2) is 71.3 Å². The summed E-state index contributed by atoms with van der Waals surface area (Å²) in [5, 5.41) is 2.78. The predicted octanol–water partition coefficient (Wildman–Crippen LogP) is 4.50. The lowest BCUT2D eigenvalue weighted by Crippen LogP contribution is -2.45. The van der Waals surface area contributed by atoms with Crippen molar-refractivity contribution in [2.45, 2.75) is 39.8 Å². The Balaban J connectivity index is 1.55. The fraction of sp³-hybridized carbons (Fsp3) is 0.333. The molecular formula is C27H30N2O4. The van der Waals surface area contributed by atoms with Crippen LogP contribution in [-0.2, 0) is 22.6 Å². The third kappa shape index (κ3) is 5.28. The molecule has 0 saturated heterocycles. The van der Waals surface area contributed by atoms with Gasteiger partial charge in [0.2, 0.25) is 5.91 Å². The largest absolute Gasteiger partial charge is 0.484 e. The summed E-state index contributed by atoms with van der Waals surface area (Å²) >= 11 is 0. The fourth-order valence-electron chi connectivity index (χ4n) is 4.13. The lowest BCUT2D eigenvalue weighted by molar-refractivity contribution is -0.141. The van der Waals surface area contributed by atoms with E-state index in [1.54, 1.807) is 18.4 Å². The van der Waals surface area contributed by atoms with E-state index in [-0.39, 0.29) is 24.5 Å². The summed E-state index contributed by atoms with van der Waals surface area (Å²) in [6.45, 7) is 6.74. The predicted molar refractivity (Wildman–Crippen MR) is 126 cm³/mol. The maximum Gasteiger partial charge on any atom is 0.258 e. The van der Waals surface area contributed by atoms with Crippen molar-refractivity contribution in [3.05, 3.63) is 89.4 Å². The molecule has 1 atom stereocenters. The van der Waals surface area contributed by atoms with Gasteiger partial charge in [-0.25, -0.2) is 0 Å². The summed E-state index contributed by atoms with van der Waals surface area (Å²) < 4.78 is 11.0. The zero-order valence-corrected chi connectivity index (χ0v) is 19.3. The van der Waals surface area contributed by atoms with Crippen molar-refractivity contribution in [2.24, 2.45) is 5.41 Å². The Morgan fingerprint density at radius 3 is 2.58 bits per heavy atom. The first kappa shape index (κ1) is 22.6. The van der Waals surface area contributed by atoms with E-state index in [0.29, 0.717) is 24.6 Å². The highest BCUT2D eigenvalue weighted by atomic mass is 16.5. The first-order valence-corrected chi connectivity index (χ1v) is 11.2. The Bertz CT molecular complexity index is 1100. The molecule has 0 aliphatic carbocycles.